The summed E-state index contributed by atoms with van der Waals surface area (Å²) in [5, 5.41) is 8.76. The second-order valence-corrected chi connectivity index (χ2v) is 6.27. The fourth-order valence-electron chi connectivity index (χ4n) is 2.42. The molecule has 0 aromatic carbocycles. The summed E-state index contributed by atoms with van der Waals surface area (Å²) in [5.74, 6) is 0.537. The molecule has 1 fully saturated rings. The molecule has 0 atom stereocenters. The highest BCUT2D eigenvalue weighted by atomic mass is 16.6. The summed E-state index contributed by atoms with van der Waals surface area (Å²) in [6.45, 7) is 5.76. The number of amides is 1. The van der Waals surface area contributed by atoms with Crippen molar-refractivity contribution in [2.45, 2.75) is 58.1 Å². The Morgan fingerprint density at radius 1 is 1.32 bits per heavy atom. The molecule has 0 aromatic rings. The zero-order valence-electron chi connectivity index (χ0n) is 12.6. The van der Waals surface area contributed by atoms with Crippen molar-refractivity contribution in [1.82, 2.24) is 4.90 Å². The first-order valence-electron chi connectivity index (χ1n) is 7.07. The Balaban J connectivity index is 2.42. The number of carbonyl (C=O) groups excluding carboxylic acids is 1. The summed E-state index contributed by atoms with van der Waals surface area (Å²) in [4.78, 5) is 13.7. The number of rotatable bonds is 3. The number of aliphatic hydroxyl groups is 1. The highest BCUT2D eigenvalue weighted by Gasteiger charge is 2.28. The van der Waals surface area contributed by atoms with Crippen LogP contribution in [0.3, 0.4) is 0 Å². The molecule has 4 heteroatoms. The van der Waals surface area contributed by atoms with Crippen LogP contribution in [0.1, 0.15) is 46.5 Å². The molecule has 1 rings (SSSR count). The molecule has 0 saturated heterocycles. The Hall–Kier alpha value is -1.03. The highest BCUT2D eigenvalue weighted by Crippen LogP contribution is 2.28. The molecular formula is C15H27NO3. The summed E-state index contributed by atoms with van der Waals surface area (Å²) in [5.41, 5.74) is -0.438. The van der Waals surface area contributed by atoms with Crippen LogP contribution in [-0.4, -0.2) is 41.4 Å². The summed E-state index contributed by atoms with van der Waals surface area (Å²) in [7, 11) is 1.82. The van der Waals surface area contributed by atoms with Crippen molar-refractivity contribution in [1.29, 1.82) is 0 Å². The van der Waals surface area contributed by atoms with E-state index in [1.54, 1.807) is 4.90 Å². The minimum Gasteiger partial charge on any atom is -0.444 e. The van der Waals surface area contributed by atoms with Gasteiger partial charge in [-0.1, -0.05) is 12.2 Å². The fraction of sp³-hybridized carbons (Fsp3) is 0.800. The van der Waals surface area contributed by atoms with Gasteiger partial charge in [0.25, 0.3) is 0 Å². The zero-order valence-corrected chi connectivity index (χ0v) is 12.6. The van der Waals surface area contributed by atoms with Crippen LogP contribution in [0, 0.1) is 5.92 Å². The van der Waals surface area contributed by atoms with E-state index in [2.05, 4.69) is 6.08 Å². The van der Waals surface area contributed by atoms with Crippen LogP contribution in [0.5, 0.6) is 0 Å². The Morgan fingerprint density at radius 2 is 1.89 bits per heavy atom. The smallest absolute Gasteiger partial charge is 0.410 e. The monoisotopic (exact) mass is 269 g/mol. The van der Waals surface area contributed by atoms with Crippen molar-refractivity contribution in [3.05, 3.63) is 12.2 Å². The van der Waals surface area contributed by atoms with E-state index in [0.717, 1.165) is 25.7 Å². The summed E-state index contributed by atoms with van der Waals surface area (Å²) in [6, 6.07) is 0.272. The molecule has 1 N–H and O–H groups in total. The molecule has 1 aliphatic rings. The minimum absolute atomic E-state index is 0.109. The lowest BCUT2D eigenvalue weighted by molar-refractivity contribution is 0.0179. The van der Waals surface area contributed by atoms with E-state index in [1.807, 2.05) is 33.9 Å². The molecule has 1 aliphatic carbocycles. The molecule has 0 spiro atoms. The quantitative estimate of drug-likeness (QED) is 0.801. The maximum absolute atomic E-state index is 12.0. The van der Waals surface area contributed by atoms with Crippen LogP contribution in [0.2, 0.25) is 0 Å². The van der Waals surface area contributed by atoms with Crippen LogP contribution in [0.15, 0.2) is 12.2 Å². The Bertz CT molecular complexity index is 312. The van der Waals surface area contributed by atoms with E-state index in [1.165, 1.54) is 0 Å². The fourth-order valence-corrected chi connectivity index (χ4v) is 2.42. The third-order valence-corrected chi connectivity index (χ3v) is 3.48. The normalized spacial score (nSPS) is 24.5. The average Bonchev–Trinajstić information content (AvgIpc) is 2.34. The van der Waals surface area contributed by atoms with E-state index >= 15 is 0 Å². The number of nitrogens with zero attached hydrogens (tertiary/aromatic N) is 1. The van der Waals surface area contributed by atoms with Crippen molar-refractivity contribution >= 4 is 6.09 Å². The number of ether oxygens (including phenoxy) is 1. The number of aliphatic hydroxyl groups excluding tert-OH is 1. The van der Waals surface area contributed by atoms with E-state index in [0.29, 0.717) is 5.92 Å². The molecule has 0 radical (unpaired) electrons. The zero-order chi connectivity index (χ0) is 14.5. The third-order valence-electron chi connectivity index (χ3n) is 3.48. The van der Waals surface area contributed by atoms with Gasteiger partial charge < -0.3 is 14.7 Å². The van der Waals surface area contributed by atoms with Crippen LogP contribution in [0.4, 0.5) is 4.79 Å². The summed E-state index contributed by atoms with van der Waals surface area (Å²) >= 11 is 0. The number of hydrogen-bond acceptors (Lipinski definition) is 3. The molecular weight excluding hydrogens is 242 g/mol. The van der Waals surface area contributed by atoms with Crippen LogP contribution in [-0.2, 0) is 4.74 Å². The molecule has 0 aromatic heterocycles. The molecule has 1 saturated carbocycles. The first-order chi connectivity index (χ1) is 8.83. The van der Waals surface area contributed by atoms with Crippen molar-refractivity contribution in [3.63, 3.8) is 0 Å². The number of hydrogen-bond donors (Lipinski definition) is 1. The summed E-state index contributed by atoms with van der Waals surface area (Å²) < 4.78 is 5.38. The van der Waals surface area contributed by atoms with Gasteiger partial charge in [0.05, 0.1) is 6.61 Å². The van der Waals surface area contributed by atoms with E-state index < -0.39 is 5.60 Å². The lowest BCUT2D eigenvalue weighted by atomic mass is 9.85. The molecule has 0 bridgehead atoms. The molecule has 0 unspecified atom stereocenters. The highest BCUT2D eigenvalue weighted by molar-refractivity contribution is 5.68. The Kier molecular flexibility index (Phi) is 5.85. The Morgan fingerprint density at radius 3 is 2.37 bits per heavy atom. The number of carbonyl (C=O) groups is 1. The van der Waals surface area contributed by atoms with Gasteiger partial charge in [0, 0.05) is 13.1 Å². The van der Waals surface area contributed by atoms with Crippen LogP contribution in [0.25, 0.3) is 0 Å². The lowest BCUT2D eigenvalue weighted by Crippen LogP contribution is -2.42. The maximum Gasteiger partial charge on any atom is 0.410 e. The van der Waals surface area contributed by atoms with Crippen molar-refractivity contribution in [2.24, 2.45) is 5.92 Å². The van der Waals surface area contributed by atoms with Gasteiger partial charge in [0.15, 0.2) is 0 Å². The average molecular weight is 269 g/mol. The molecule has 19 heavy (non-hydrogen) atoms. The lowest BCUT2D eigenvalue weighted by Gasteiger charge is -2.34. The van der Waals surface area contributed by atoms with E-state index in [9.17, 15) is 4.79 Å². The summed E-state index contributed by atoms with van der Waals surface area (Å²) in [6.07, 6.45) is 7.78. The van der Waals surface area contributed by atoms with E-state index in [4.69, 9.17) is 9.84 Å². The largest absolute Gasteiger partial charge is 0.444 e. The van der Waals surface area contributed by atoms with Gasteiger partial charge in [0.2, 0.25) is 0 Å². The van der Waals surface area contributed by atoms with Gasteiger partial charge in [-0.2, -0.15) is 0 Å². The van der Waals surface area contributed by atoms with Gasteiger partial charge in [-0.15, -0.1) is 0 Å². The first-order valence-corrected chi connectivity index (χ1v) is 7.07. The third kappa shape index (κ3) is 5.64. The predicted octanol–water partition coefficient (Wildman–Crippen LogP) is 2.96. The second-order valence-electron chi connectivity index (χ2n) is 6.27. The van der Waals surface area contributed by atoms with Crippen LogP contribution < -0.4 is 0 Å². The van der Waals surface area contributed by atoms with E-state index in [-0.39, 0.29) is 18.7 Å². The minimum atomic E-state index is -0.438. The van der Waals surface area contributed by atoms with Gasteiger partial charge in [-0.25, -0.2) is 4.79 Å². The van der Waals surface area contributed by atoms with Crippen molar-refractivity contribution in [3.8, 4) is 0 Å². The molecule has 0 aliphatic heterocycles. The van der Waals surface area contributed by atoms with Gasteiger partial charge in [0.1, 0.15) is 5.60 Å². The standard InChI is InChI=1S/C15H27NO3/c1-15(2,3)19-14(18)16(4)13-9-7-12(8-10-13)6-5-11-17/h5-6,12-13,17H,7-11H2,1-4H3. The van der Waals surface area contributed by atoms with Crippen molar-refractivity contribution in [2.75, 3.05) is 13.7 Å². The SMILES string of the molecule is CN(C(=O)OC(C)(C)C)C1CCC(C=CCO)CC1. The van der Waals surface area contributed by atoms with Crippen molar-refractivity contribution < 1.29 is 14.6 Å². The molecule has 0 heterocycles. The predicted molar refractivity (Wildman–Crippen MR) is 76.0 cm³/mol. The number of allylic oxidation sites excluding steroid dienone is 1. The van der Waals surface area contributed by atoms with Gasteiger partial charge >= 0.3 is 6.09 Å². The first kappa shape index (κ1) is 16.0. The van der Waals surface area contributed by atoms with Gasteiger partial charge in [-0.3, -0.25) is 0 Å². The second kappa shape index (κ2) is 6.94. The molecule has 110 valence electrons. The van der Waals surface area contributed by atoms with Crippen LogP contribution >= 0.6 is 0 Å². The maximum atomic E-state index is 12.0. The molecule has 1 amide bonds. The topological polar surface area (TPSA) is 49.8 Å². The molecule has 4 nitrogen and oxygen atoms in total. The van der Waals surface area contributed by atoms with Gasteiger partial charge in [-0.05, 0) is 52.4 Å². The Labute approximate surface area is 116 Å².